The van der Waals surface area contributed by atoms with Crippen LogP contribution in [-0.2, 0) is 14.3 Å². The van der Waals surface area contributed by atoms with Gasteiger partial charge in [-0.1, -0.05) is 37.6 Å². The summed E-state index contributed by atoms with van der Waals surface area (Å²) in [6.07, 6.45) is 5.40. The fraction of sp³-hybridized carbons (Fsp3) is 0.294. The molecule has 2 amide bonds. The van der Waals surface area contributed by atoms with Crippen molar-refractivity contribution in [1.29, 1.82) is 0 Å². The summed E-state index contributed by atoms with van der Waals surface area (Å²) in [5, 5.41) is 0. The zero-order valence-corrected chi connectivity index (χ0v) is 24.2. The lowest BCUT2D eigenvalue weighted by Gasteiger charge is -2.35. The van der Waals surface area contributed by atoms with Crippen molar-refractivity contribution in [3.8, 4) is 11.5 Å². The van der Waals surface area contributed by atoms with E-state index in [1.807, 2.05) is 48.4 Å². The molecule has 3 aliphatic rings. The van der Waals surface area contributed by atoms with Gasteiger partial charge in [0, 0.05) is 11.8 Å². The number of unbranched alkanes of at least 4 members (excludes halogenated alkanes) is 1. The van der Waals surface area contributed by atoms with Gasteiger partial charge in [0.15, 0.2) is 17.3 Å². The number of carbonyl (C=O) groups excluding carboxylic acids is 4. The standard InChI is InChI=1S/C34H32N2O7/c1-4-5-18-43-34(40)21-10-13-23(14-11-21)36-32(38)27-28(33(36)39)30(31(37)22-12-15-25(41-2)26(19-22)42-3)35-17-16-20-8-6-7-9-24(20)29(27)35/h6-17,19,27-30H,4-5,18H2,1-3H3/t27-,28+,29-,30-/m0/s1. The van der Waals surface area contributed by atoms with Crippen LogP contribution in [0.2, 0.25) is 0 Å². The maximum absolute atomic E-state index is 14.2. The van der Waals surface area contributed by atoms with Gasteiger partial charge >= 0.3 is 5.97 Å². The summed E-state index contributed by atoms with van der Waals surface area (Å²) < 4.78 is 16.1. The molecule has 0 radical (unpaired) electrons. The van der Waals surface area contributed by atoms with Gasteiger partial charge in [0.2, 0.25) is 11.8 Å². The van der Waals surface area contributed by atoms with Crippen molar-refractivity contribution in [2.24, 2.45) is 11.8 Å². The van der Waals surface area contributed by atoms with Crippen LogP contribution in [0.4, 0.5) is 5.69 Å². The number of Topliss-reactive ketones (excluding diaryl/α,β-unsaturated/α-hetero) is 1. The van der Waals surface area contributed by atoms with Crippen molar-refractivity contribution in [2.75, 3.05) is 25.7 Å². The van der Waals surface area contributed by atoms with Crippen molar-refractivity contribution in [3.63, 3.8) is 0 Å². The Hall–Kier alpha value is -4.92. The Morgan fingerprint density at radius 3 is 2.26 bits per heavy atom. The molecule has 3 aliphatic heterocycles. The predicted molar refractivity (Wildman–Crippen MR) is 159 cm³/mol. The van der Waals surface area contributed by atoms with E-state index in [4.69, 9.17) is 14.2 Å². The zero-order chi connectivity index (χ0) is 30.2. The van der Waals surface area contributed by atoms with E-state index in [9.17, 15) is 19.2 Å². The molecule has 4 atom stereocenters. The summed E-state index contributed by atoms with van der Waals surface area (Å²) in [5.41, 5.74) is 2.84. The van der Waals surface area contributed by atoms with Crippen LogP contribution in [0.1, 0.15) is 57.7 Å². The van der Waals surface area contributed by atoms with Gasteiger partial charge in [-0.25, -0.2) is 9.69 Å². The fourth-order valence-electron chi connectivity index (χ4n) is 6.41. The van der Waals surface area contributed by atoms with Crippen LogP contribution in [0.25, 0.3) is 6.08 Å². The first kappa shape index (κ1) is 28.2. The lowest BCUT2D eigenvalue weighted by atomic mass is 9.83. The number of ether oxygens (including phenoxy) is 3. The second-order valence-electron chi connectivity index (χ2n) is 10.8. The second-order valence-corrected chi connectivity index (χ2v) is 10.8. The van der Waals surface area contributed by atoms with Gasteiger partial charge in [-0.15, -0.1) is 0 Å². The van der Waals surface area contributed by atoms with E-state index in [1.165, 1.54) is 14.2 Å². The molecule has 0 N–H and O–H groups in total. The molecule has 6 rings (SSSR count). The summed E-state index contributed by atoms with van der Waals surface area (Å²) in [6, 6.07) is 17.4. The predicted octanol–water partition coefficient (Wildman–Crippen LogP) is 5.06. The summed E-state index contributed by atoms with van der Waals surface area (Å²) in [6.45, 7) is 2.34. The van der Waals surface area contributed by atoms with E-state index in [0.29, 0.717) is 34.9 Å². The average Bonchev–Trinajstić information content (AvgIpc) is 3.52. The van der Waals surface area contributed by atoms with E-state index in [1.54, 1.807) is 42.5 Å². The van der Waals surface area contributed by atoms with Crippen LogP contribution in [0, 0.1) is 11.8 Å². The Labute approximate surface area is 249 Å². The smallest absolute Gasteiger partial charge is 0.338 e. The largest absolute Gasteiger partial charge is 0.493 e. The normalized spacial score (nSPS) is 21.7. The number of imide groups is 1. The SMILES string of the molecule is CCCCOC(=O)c1ccc(N2C(=O)[C@@H]3[C@H](C2=O)[C@@H]2c4ccccc4C=CN2[C@@H]3C(=O)c2ccc(OC)c(OC)c2)cc1. The van der Waals surface area contributed by atoms with Crippen LogP contribution in [0.3, 0.4) is 0 Å². The number of anilines is 1. The molecule has 3 aromatic rings. The van der Waals surface area contributed by atoms with Gasteiger partial charge in [0.05, 0.1) is 50.0 Å². The molecule has 0 bridgehead atoms. The van der Waals surface area contributed by atoms with Gasteiger partial charge in [0.25, 0.3) is 0 Å². The van der Waals surface area contributed by atoms with E-state index in [0.717, 1.165) is 28.9 Å². The first-order valence-corrected chi connectivity index (χ1v) is 14.4. The highest BCUT2D eigenvalue weighted by molar-refractivity contribution is 6.24. The average molecular weight is 581 g/mol. The van der Waals surface area contributed by atoms with E-state index >= 15 is 0 Å². The Balaban J connectivity index is 1.38. The quantitative estimate of drug-likeness (QED) is 0.150. The van der Waals surface area contributed by atoms with Crippen LogP contribution < -0.4 is 14.4 Å². The maximum Gasteiger partial charge on any atom is 0.338 e. The lowest BCUT2D eigenvalue weighted by molar-refractivity contribution is -0.123. The minimum absolute atomic E-state index is 0.296. The monoisotopic (exact) mass is 580 g/mol. The highest BCUT2D eigenvalue weighted by atomic mass is 16.5. The molecule has 2 fully saturated rings. The van der Waals surface area contributed by atoms with E-state index in [2.05, 4.69) is 0 Å². The Bertz CT molecular complexity index is 1630. The van der Waals surface area contributed by atoms with Crippen molar-refractivity contribution in [1.82, 2.24) is 4.90 Å². The molecule has 220 valence electrons. The van der Waals surface area contributed by atoms with Crippen LogP contribution in [0.5, 0.6) is 11.5 Å². The van der Waals surface area contributed by atoms with Crippen LogP contribution >= 0.6 is 0 Å². The Morgan fingerprint density at radius 1 is 0.837 bits per heavy atom. The Kier molecular flexibility index (Phi) is 7.48. The molecule has 9 heteroatoms. The summed E-state index contributed by atoms with van der Waals surface area (Å²) in [5.74, 6) is -2.43. The first-order valence-electron chi connectivity index (χ1n) is 14.4. The van der Waals surface area contributed by atoms with Crippen molar-refractivity contribution < 1.29 is 33.4 Å². The molecular formula is C34H32N2O7. The molecule has 3 heterocycles. The third-order valence-electron chi connectivity index (χ3n) is 8.49. The highest BCUT2D eigenvalue weighted by Gasteiger charge is 2.64. The third kappa shape index (κ3) is 4.65. The molecule has 43 heavy (non-hydrogen) atoms. The van der Waals surface area contributed by atoms with Crippen molar-refractivity contribution in [2.45, 2.75) is 31.8 Å². The van der Waals surface area contributed by atoms with Gasteiger partial charge in [-0.2, -0.15) is 0 Å². The van der Waals surface area contributed by atoms with Gasteiger partial charge < -0.3 is 19.1 Å². The number of rotatable bonds is 9. The number of benzene rings is 3. The second kappa shape index (κ2) is 11.4. The number of methoxy groups -OCH3 is 2. The van der Waals surface area contributed by atoms with E-state index < -0.39 is 35.8 Å². The number of esters is 1. The molecule has 2 saturated heterocycles. The van der Waals surface area contributed by atoms with Crippen molar-refractivity contribution in [3.05, 3.63) is 95.2 Å². The third-order valence-corrected chi connectivity index (χ3v) is 8.49. The minimum Gasteiger partial charge on any atom is -0.493 e. The number of nitrogens with zero attached hydrogens (tertiary/aromatic N) is 2. The highest BCUT2D eigenvalue weighted by Crippen LogP contribution is 2.53. The number of ketones is 1. The molecule has 0 saturated carbocycles. The molecule has 0 spiro atoms. The van der Waals surface area contributed by atoms with Crippen LogP contribution in [0.15, 0.2) is 72.9 Å². The number of fused-ring (bicyclic) bond motifs is 5. The van der Waals surface area contributed by atoms with Crippen molar-refractivity contribution >= 4 is 35.3 Å². The molecule has 0 aliphatic carbocycles. The van der Waals surface area contributed by atoms with Gasteiger partial charge in [-0.05, 0) is 66.1 Å². The molecular weight excluding hydrogens is 548 g/mol. The minimum atomic E-state index is -0.924. The van der Waals surface area contributed by atoms with Gasteiger partial charge in [0.1, 0.15) is 6.04 Å². The number of amides is 2. The number of hydrogen-bond donors (Lipinski definition) is 0. The van der Waals surface area contributed by atoms with Crippen LogP contribution in [-0.4, -0.2) is 55.3 Å². The first-order chi connectivity index (χ1) is 20.9. The zero-order valence-electron chi connectivity index (χ0n) is 24.2. The maximum atomic E-state index is 14.2. The number of carbonyl (C=O) groups is 4. The molecule has 9 nitrogen and oxygen atoms in total. The summed E-state index contributed by atoms with van der Waals surface area (Å²) >= 11 is 0. The number of hydrogen-bond acceptors (Lipinski definition) is 8. The summed E-state index contributed by atoms with van der Waals surface area (Å²) in [7, 11) is 3.01. The molecule has 0 unspecified atom stereocenters. The lowest BCUT2D eigenvalue weighted by Crippen LogP contribution is -2.44. The van der Waals surface area contributed by atoms with Gasteiger partial charge in [-0.3, -0.25) is 14.4 Å². The molecule has 3 aromatic carbocycles. The fourth-order valence-corrected chi connectivity index (χ4v) is 6.41. The molecule has 0 aromatic heterocycles. The van der Waals surface area contributed by atoms with E-state index in [-0.39, 0.29) is 11.7 Å². The topological polar surface area (TPSA) is 102 Å². The Morgan fingerprint density at radius 2 is 1.53 bits per heavy atom. The summed E-state index contributed by atoms with van der Waals surface area (Å²) in [4.78, 5) is 58.0.